The van der Waals surface area contributed by atoms with Crippen molar-refractivity contribution in [3.63, 3.8) is 0 Å². The number of hydrogen-bond acceptors (Lipinski definition) is 8. The predicted molar refractivity (Wildman–Crippen MR) is 467 cm³/mol. The molecule has 2 saturated carbocycles. The molecule has 12 heteroatoms. The maximum Gasteiger partial charge on any atom is 0.227 e. The fraction of sp³-hybridized carbons (Fsp3) is 0.223. The Morgan fingerprint density at radius 2 is 0.643 bits per heavy atom. The minimum absolute atomic E-state index is 0.453. The van der Waals surface area contributed by atoms with Gasteiger partial charge in [-0.1, -0.05) is 143 Å². The first-order valence-corrected chi connectivity index (χ1v) is 40.1. The third kappa shape index (κ3) is 13.2. The van der Waals surface area contributed by atoms with E-state index in [0.29, 0.717) is 28.4 Å². The lowest BCUT2D eigenvalue weighted by Crippen LogP contribution is -2.31. The molecule has 2 aliphatic rings. The van der Waals surface area contributed by atoms with Crippen molar-refractivity contribution < 1.29 is 44.2 Å². The molecule has 566 valence electrons. The van der Waals surface area contributed by atoms with E-state index in [0.717, 1.165) is 205 Å². The van der Waals surface area contributed by atoms with E-state index >= 15 is 0 Å². The average molecular weight is 1510 g/mol. The Hall–Kier alpha value is -12.8. The standard InChI is InChI=1S/C28H27N2O.C27H25N2O.C25H23N2O.C23H19N2O/c1-18-14-26-24(27-22-11-7-6-10-21(22)17-29-28(27)31-26)16-23(18)25-15-20(12-13-30(25)2)19-8-4-3-5-9-19;1-17-13-25-23(26-21-10-6-5-9-20(21)16-28-27(26)30-25)15-22(17)24-14-19(11-12-29(24)2)18-7-3-4-8-18;1-15(2)17-9-10-27(4)22(12-17)20-13-21-23(11-16(20)3)28-25-24(21)19-8-6-5-7-18(19)14-26-25;1-14-8-9-25(3)20(10-14)18-12-19-21(11-15(18)2)26-23-22(19)17-7-5-4-6-16(17)13-24-23/h6-7,10-17,19H,3-5,8-9H2,1-2H3;5-6,9-16,18H,3-4,7-8H2,1-2H3;5-15H,1-4H3;4-13H,1-3H3/q4*+1/i19D;18D;1D3,15D;. The van der Waals surface area contributed by atoms with E-state index < -0.39 is 24.5 Å². The van der Waals surface area contributed by atoms with Crippen LogP contribution in [0.4, 0.5) is 0 Å². The molecule has 0 amide bonds. The summed E-state index contributed by atoms with van der Waals surface area (Å²) in [6.07, 6.45) is 25.2. The van der Waals surface area contributed by atoms with Crippen LogP contribution in [0.3, 0.4) is 0 Å². The number of aromatic nitrogens is 8. The normalized spacial score (nSPS) is 15.5. The van der Waals surface area contributed by atoms with Gasteiger partial charge in [0.15, 0.2) is 24.8 Å². The fourth-order valence-corrected chi connectivity index (χ4v) is 17.8. The van der Waals surface area contributed by atoms with Gasteiger partial charge in [0, 0.05) is 147 Å². The third-order valence-corrected chi connectivity index (χ3v) is 24.0. The van der Waals surface area contributed by atoms with Crippen LogP contribution in [0, 0.1) is 34.6 Å². The number of fused-ring (bicyclic) bond motifs is 20. The maximum absolute atomic E-state index is 9.12. The van der Waals surface area contributed by atoms with Crippen molar-refractivity contribution in [1.29, 1.82) is 0 Å². The lowest BCUT2D eigenvalue weighted by molar-refractivity contribution is -0.660. The van der Waals surface area contributed by atoms with E-state index in [1.807, 2.05) is 98.1 Å². The minimum atomic E-state index is -2.44. The zero-order valence-electron chi connectivity index (χ0n) is 72.7. The van der Waals surface area contributed by atoms with E-state index in [1.54, 1.807) is 6.07 Å². The molecule has 0 saturated heterocycles. The van der Waals surface area contributed by atoms with E-state index in [9.17, 15) is 0 Å². The number of benzene rings is 8. The second-order valence-corrected chi connectivity index (χ2v) is 31.7. The first-order valence-electron chi connectivity index (χ1n) is 43.1. The molecule has 0 N–H and O–H groups in total. The van der Waals surface area contributed by atoms with Gasteiger partial charge in [-0.25, -0.2) is 38.2 Å². The molecule has 115 heavy (non-hydrogen) atoms. The zero-order chi connectivity index (χ0) is 83.7. The Morgan fingerprint density at radius 3 is 0.983 bits per heavy atom. The Morgan fingerprint density at radius 1 is 0.348 bits per heavy atom. The van der Waals surface area contributed by atoms with Crippen LogP contribution in [0.2, 0.25) is 0 Å². The molecule has 0 aliphatic heterocycles. The first-order chi connectivity index (χ1) is 58.3. The molecule has 1 unspecified atom stereocenters. The molecule has 20 aromatic rings. The summed E-state index contributed by atoms with van der Waals surface area (Å²) in [5.74, 6) is -2.64. The van der Waals surface area contributed by atoms with Crippen LogP contribution in [0.5, 0.6) is 0 Å². The molecule has 22 rings (SSSR count). The fourth-order valence-electron chi connectivity index (χ4n) is 17.8. The molecule has 12 nitrogen and oxygen atoms in total. The molecule has 0 bridgehead atoms. The van der Waals surface area contributed by atoms with Crippen molar-refractivity contribution in [2.45, 2.75) is 124 Å². The zero-order valence-corrected chi connectivity index (χ0v) is 66.7. The Kier molecular flexibility index (Phi) is 16.9. The smallest absolute Gasteiger partial charge is 0.227 e. The largest absolute Gasteiger partial charge is 0.438 e. The number of nitrogens with zero attached hydrogens (tertiary/aromatic N) is 8. The molecule has 1 atom stereocenters. The monoisotopic (exact) mass is 1510 g/mol. The van der Waals surface area contributed by atoms with Crippen LogP contribution >= 0.6 is 0 Å². The van der Waals surface area contributed by atoms with E-state index in [1.165, 1.54) is 52.2 Å². The van der Waals surface area contributed by atoms with Crippen molar-refractivity contribution in [3.05, 3.63) is 288 Å². The Labute approximate surface area is 677 Å². The summed E-state index contributed by atoms with van der Waals surface area (Å²) in [4.78, 5) is 18.2. The number of hydrogen-bond donors (Lipinski definition) is 0. The molecule has 2 aliphatic carbocycles. The Balaban J connectivity index is 0.000000107. The van der Waals surface area contributed by atoms with Gasteiger partial charge in [0.05, 0.1) is 21.5 Å². The van der Waals surface area contributed by atoms with Crippen molar-refractivity contribution in [2.24, 2.45) is 28.2 Å². The van der Waals surface area contributed by atoms with Gasteiger partial charge in [-0.3, -0.25) is 0 Å². The van der Waals surface area contributed by atoms with Gasteiger partial charge in [-0.05, 0) is 193 Å². The number of rotatable bonds is 7. The molecular weight excluding hydrogens is 1410 g/mol. The summed E-state index contributed by atoms with van der Waals surface area (Å²) in [6.45, 7) is 9.54. The quantitative estimate of drug-likeness (QED) is 0.145. The molecule has 8 aromatic carbocycles. The molecular formula is C103H94N8O4+4. The van der Waals surface area contributed by atoms with Crippen LogP contribution in [0.1, 0.15) is 142 Å². The van der Waals surface area contributed by atoms with Gasteiger partial charge in [0.25, 0.3) is 0 Å². The lowest BCUT2D eigenvalue weighted by atomic mass is 9.84. The highest BCUT2D eigenvalue weighted by Gasteiger charge is 2.28. The molecule has 12 aromatic heterocycles. The molecule has 2 fully saturated rings. The van der Waals surface area contributed by atoms with Crippen LogP contribution in [0.15, 0.2) is 261 Å². The average Bonchev–Trinajstić information content (AvgIpc) is 1.58. The van der Waals surface area contributed by atoms with Crippen molar-refractivity contribution in [3.8, 4) is 45.0 Å². The molecule has 0 spiro atoms. The van der Waals surface area contributed by atoms with E-state index in [2.05, 4.69) is 241 Å². The summed E-state index contributed by atoms with van der Waals surface area (Å²) in [6, 6.07) is 66.9. The highest BCUT2D eigenvalue weighted by molar-refractivity contribution is 6.21. The summed E-state index contributed by atoms with van der Waals surface area (Å²) >= 11 is 0. The SMILES string of the molecule is Cc1cc[n+](C)c(-c2cc3c(cc2C)oc2ncc4ccccc4c23)c1.[2H]C([2H])([2H])C([2H])(C)c1cc[n+](C)c(-c2cc3c(cc2C)oc2ncc4ccccc4c23)c1.[2H]C1(c2cc[n+](C)c(-c3cc4c(cc3C)oc3ncc5ccccc5c34)c2)CCCC1.[2H]C1(c2cc[n+](C)c(-c3cc4c(cc3C)oc3ncc5ccccc5c34)c2)CCCCC1. The minimum Gasteiger partial charge on any atom is -0.438 e. The Bertz CT molecular complexity index is 7590. The van der Waals surface area contributed by atoms with Crippen molar-refractivity contribution in [1.82, 2.24) is 19.9 Å². The van der Waals surface area contributed by atoms with Gasteiger partial charge in [-0.15, -0.1) is 0 Å². The lowest BCUT2D eigenvalue weighted by Gasteiger charge is -2.21. The summed E-state index contributed by atoms with van der Waals surface area (Å²) in [5.41, 5.74) is 23.4. The van der Waals surface area contributed by atoms with Crippen LogP contribution < -0.4 is 18.3 Å². The summed E-state index contributed by atoms with van der Waals surface area (Å²) in [5, 5.41) is 17.4. The van der Waals surface area contributed by atoms with Gasteiger partial charge in [-0.2, -0.15) is 0 Å². The van der Waals surface area contributed by atoms with E-state index in [4.69, 9.17) is 25.9 Å². The summed E-state index contributed by atoms with van der Waals surface area (Å²) in [7, 11) is 8.18. The maximum atomic E-state index is 9.12. The summed E-state index contributed by atoms with van der Waals surface area (Å²) < 4.78 is 82.9. The highest BCUT2D eigenvalue weighted by atomic mass is 16.4. The predicted octanol–water partition coefficient (Wildman–Crippen LogP) is 24.9. The van der Waals surface area contributed by atoms with Gasteiger partial charge in [0.2, 0.25) is 45.6 Å². The van der Waals surface area contributed by atoms with Crippen molar-refractivity contribution in [2.75, 3.05) is 0 Å². The molecule has 0 radical (unpaired) electrons. The highest BCUT2D eigenvalue weighted by Crippen LogP contribution is 2.44. The number of pyridine rings is 8. The first kappa shape index (κ1) is 65.7. The van der Waals surface area contributed by atoms with Crippen LogP contribution in [-0.2, 0) is 28.2 Å². The topological polar surface area (TPSA) is 120 Å². The second kappa shape index (κ2) is 29.6. The number of furan rings is 4. The molecule has 12 heterocycles. The van der Waals surface area contributed by atoms with Gasteiger partial charge in [0.1, 0.15) is 50.5 Å². The van der Waals surface area contributed by atoms with Crippen molar-refractivity contribution >= 4 is 131 Å². The van der Waals surface area contributed by atoms with E-state index in [-0.39, 0.29) is 0 Å². The van der Waals surface area contributed by atoms with Gasteiger partial charge >= 0.3 is 0 Å². The third-order valence-electron chi connectivity index (χ3n) is 24.0. The second-order valence-electron chi connectivity index (χ2n) is 31.7. The van der Waals surface area contributed by atoms with Crippen LogP contribution in [-0.4, -0.2) is 19.9 Å². The van der Waals surface area contributed by atoms with Gasteiger partial charge < -0.3 is 17.7 Å². The number of aryl methyl sites for hydroxylation is 9. The van der Waals surface area contributed by atoms with Crippen LogP contribution in [0.25, 0.3) is 176 Å².